The van der Waals surface area contributed by atoms with Gasteiger partial charge in [0.05, 0.1) is 83.9 Å². The maximum atomic E-state index is 13.2. The summed E-state index contributed by atoms with van der Waals surface area (Å²) in [5.74, 6) is 12.5. The third-order valence-corrected chi connectivity index (χ3v) is 18.2. The van der Waals surface area contributed by atoms with Crippen molar-refractivity contribution >= 4 is 104 Å². The van der Waals surface area contributed by atoms with Gasteiger partial charge in [-0.2, -0.15) is 86.3 Å². The summed E-state index contributed by atoms with van der Waals surface area (Å²) in [5.41, 5.74) is 4.64. The molecule has 742 valence electrons. The molecule has 57 heteroatoms. The van der Waals surface area contributed by atoms with Crippen LogP contribution in [0.1, 0.15) is 40.2 Å². The SMILES string of the molecule is CC#CCn1c(N2CCNCC2)nc2cnn(CC(=O)OCC)c(=O)c21.CC#CCn1c(N2CCNCC2)nc2cnn(CCO)c(=O)c21.CC#CCn1c(N2CCNCC2)nc2cnn(CCOC)c(=O)c21.CC#CCn1c(N2CCNCC2)nc2cnn(CCc3ccccc3)c(=O)c21.O=C(O)C(F)(F)F.O=C(O)C(F)(F)F.O=C(O)C(F)(F)F.O=C(O)C(F)(F)F.O=C(O)C(F)(F)F. The van der Waals surface area contributed by atoms with E-state index >= 15 is 0 Å². The zero-order chi connectivity index (χ0) is 101. The van der Waals surface area contributed by atoms with Crippen molar-refractivity contribution in [2.24, 2.45) is 0 Å². The molecule has 136 heavy (non-hydrogen) atoms. The summed E-state index contributed by atoms with van der Waals surface area (Å²) in [7, 11) is 1.60. The van der Waals surface area contributed by atoms with Crippen LogP contribution in [0.15, 0.2) is 74.3 Å². The second-order valence-electron chi connectivity index (χ2n) is 27.5. The van der Waals surface area contributed by atoms with E-state index in [0.29, 0.717) is 96.0 Å². The first-order valence-electron chi connectivity index (χ1n) is 40.2. The average Bonchev–Trinajstić information content (AvgIpc) is 1.64. The molecule has 0 amide bonds. The molecule has 0 bridgehead atoms. The molecule has 42 nitrogen and oxygen atoms in total. The number of esters is 1. The van der Waals surface area contributed by atoms with Crippen molar-refractivity contribution in [2.75, 3.05) is 151 Å². The van der Waals surface area contributed by atoms with E-state index in [0.717, 1.165) is 134 Å². The van der Waals surface area contributed by atoms with Crippen LogP contribution in [0.25, 0.3) is 44.1 Å². The number of halogens is 15. The van der Waals surface area contributed by atoms with Gasteiger partial charge >= 0.3 is 66.7 Å². The lowest BCUT2D eigenvalue weighted by atomic mass is 10.1. The predicted molar refractivity (Wildman–Crippen MR) is 455 cm³/mol. The minimum absolute atomic E-state index is 0.111. The fourth-order valence-electron chi connectivity index (χ4n) is 12.0. The van der Waals surface area contributed by atoms with Gasteiger partial charge in [-0.05, 0) is 46.6 Å². The molecule has 4 aliphatic heterocycles. The summed E-state index contributed by atoms with van der Waals surface area (Å²) in [5, 5.41) is 74.7. The van der Waals surface area contributed by atoms with Crippen LogP contribution in [0.2, 0.25) is 0 Å². The number of hydrogen-bond acceptors (Lipinski definition) is 29. The summed E-state index contributed by atoms with van der Waals surface area (Å²) in [6, 6.07) is 10.1. The molecule has 0 unspecified atom stereocenters. The maximum absolute atomic E-state index is 13.2. The van der Waals surface area contributed by atoms with Crippen molar-refractivity contribution in [3.63, 3.8) is 0 Å². The van der Waals surface area contributed by atoms with Crippen molar-refractivity contribution in [3.05, 3.63) is 102 Å². The number of rotatable bonds is 19. The minimum atomic E-state index is -5.08. The van der Waals surface area contributed by atoms with Crippen molar-refractivity contribution in [2.45, 2.75) is 124 Å². The van der Waals surface area contributed by atoms with E-state index in [9.17, 15) is 89.8 Å². The summed E-state index contributed by atoms with van der Waals surface area (Å²) >= 11 is 0. The number of benzene rings is 1. The smallest absolute Gasteiger partial charge is 0.475 e. The Balaban J connectivity index is 0.000000286. The average molecular weight is 1950 g/mol. The van der Waals surface area contributed by atoms with Gasteiger partial charge in [0.15, 0.2) is 0 Å². The molecular formula is C79H93F15N24O18. The van der Waals surface area contributed by atoms with Gasteiger partial charge in [0, 0.05) is 118 Å². The van der Waals surface area contributed by atoms with Gasteiger partial charge < -0.3 is 81.0 Å². The summed E-state index contributed by atoms with van der Waals surface area (Å²) < 4.78 is 181. The number of imidazole rings is 4. The van der Waals surface area contributed by atoms with E-state index in [1.165, 1.54) is 25.8 Å². The molecule has 4 saturated heterocycles. The highest BCUT2D eigenvalue weighted by molar-refractivity contribution is 5.81. The van der Waals surface area contributed by atoms with Crippen LogP contribution in [-0.4, -0.2) is 306 Å². The number of alkyl halides is 15. The van der Waals surface area contributed by atoms with Crippen molar-refractivity contribution in [1.82, 2.24) is 98.6 Å². The maximum Gasteiger partial charge on any atom is 0.490 e. The van der Waals surface area contributed by atoms with E-state index in [1.807, 2.05) is 43.4 Å². The monoisotopic (exact) mass is 1950 g/mol. The van der Waals surface area contributed by atoms with Gasteiger partial charge in [0.2, 0.25) is 23.8 Å². The number of carbonyl (C=O) groups excluding carboxylic acids is 1. The molecule has 13 rings (SSSR count). The standard InChI is InChI=1S/C21H24N6O.C17H22N6O3.C16H22N6O2.C15H20N6O2.5C2HF3O2/c1-2-3-12-26-19-18(24-21(26)25-14-10-22-11-15-25)16-23-27(20(19)28)13-9-17-7-5-4-6-8-17;1-3-5-8-22-15-13(20-17(22)21-9-6-18-7-10-21)11-19-23(16(15)25)12-14(24)26-4-2;1-3-4-7-21-14-13(12-18-22(15(14)23)10-11-24-2)19-16(21)20-8-5-17-6-9-20;1-2-3-6-20-13-12(11-17-21(9-10-22)14(13)23)18-15(20)19-7-4-16-5-8-19;5*3-2(4,5)1(6)7/h4-8,16,22H,9-15H2,1H3;11,18H,4,6-10,12H2,1-2H3;12,17H,5-11H2,1-2H3;11,16,22H,4-10H2,1H3;5*(H,6,7). The van der Waals surface area contributed by atoms with Gasteiger partial charge in [-0.15, -0.1) is 23.7 Å². The number of aliphatic hydroxyl groups is 1. The highest BCUT2D eigenvalue weighted by Crippen LogP contribution is 2.26. The Morgan fingerprint density at radius 3 is 0.868 bits per heavy atom. The van der Waals surface area contributed by atoms with E-state index in [4.69, 9.17) is 69.1 Å². The molecule has 8 aromatic heterocycles. The number of aliphatic carboxylic acids is 5. The number of nitrogens with zero attached hydrogens (tertiary/aromatic N) is 20. The quantitative estimate of drug-likeness (QED) is 0.0316. The van der Waals surface area contributed by atoms with Gasteiger partial charge in [-0.3, -0.25) is 42.2 Å². The van der Waals surface area contributed by atoms with Crippen LogP contribution < -0.4 is 63.1 Å². The first-order valence-corrected chi connectivity index (χ1v) is 40.2. The number of aromatic nitrogens is 16. The number of fused-ring (bicyclic) bond motifs is 4. The molecule has 10 N–H and O–H groups in total. The Labute approximate surface area is 759 Å². The lowest BCUT2D eigenvalue weighted by Crippen LogP contribution is -2.44. The van der Waals surface area contributed by atoms with Crippen LogP contribution in [-0.2, 0) is 97.0 Å². The van der Waals surface area contributed by atoms with E-state index in [-0.39, 0.29) is 48.5 Å². The Morgan fingerprint density at radius 1 is 0.390 bits per heavy atom. The second-order valence-corrected chi connectivity index (χ2v) is 27.5. The molecule has 0 spiro atoms. The highest BCUT2D eigenvalue weighted by atomic mass is 19.4. The fourth-order valence-corrected chi connectivity index (χ4v) is 12.0. The molecule has 0 radical (unpaired) electrons. The number of aryl methyl sites for hydroxylation is 2. The van der Waals surface area contributed by atoms with Crippen LogP contribution in [0.3, 0.4) is 0 Å². The molecule has 9 aromatic rings. The molecular weight excluding hydrogens is 1860 g/mol. The molecule has 0 atom stereocenters. The number of carboxylic acid groups (broad SMARTS) is 5. The Bertz CT molecular complexity index is 5900. The van der Waals surface area contributed by atoms with Crippen molar-refractivity contribution in [1.29, 1.82) is 0 Å². The molecule has 4 aliphatic rings. The first-order chi connectivity index (χ1) is 64.2. The normalized spacial score (nSPS) is 13.6. The molecule has 4 fully saturated rings. The summed E-state index contributed by atoms with van der Waals surface area (Å²) in [4.78, 5) is 135. The van der Waals surface area contributed by atoms with E-state index in [1.54, 1.807) is 53.4 Å². The molecule has 1 aromatic carbocycles. The number of nitrogens with one attached hydrogen (secondary N) is 4. The summed E-state index contributed by atoms with van der Waals surface area (Å²) in [6.07, 6.45) is -18.2. The number of methoxy groups -OCH3 is 1. The van der Waals surface area contributed by atoms with Gasteiger partial charge in [-0.25, -0.2) is 62.6 Å². The fraction of sp³-hybridized carbons (Fsp3) is 0.494. The summed E-state index contributed by atoms with van der Waals surface area (Å²) in [6.45, 7) is 25.7. The zero-order valence-corrected chi connectivity index (χ0v) is 73.2. The number of carbonyl (C=O) groups is 6. The molecule has 0 saturated carbocycles. The van der Waals surface area contributed by atoms with Crippen LogP contribution >= 0.6 is 0 Å². The number of aliphatic hydroxyl groups excluding tert-OH is 1. The van der Waals surface area contributed by atoms with Crippen molar-refractivity contribution in [3.8, 4) is 47.4 Å². The van der Waals surface area contributed by atoms with Crippen LogP contribution in [0, 0.1) is 47.4 Å². The third kappa shape index (κ3) is 33.9. The Hall–Kier alpha value is -14.4. The van der Waals surface area contributed by atoms with E-state index in [2.05, 4.69) is 136 Å². The Kier molecular flexibility index (Phi) is 44.1. The van der Waals surface area contributed by atoms with Crippen LogP contribution in [0.4, 0.5) is 89.6 Å². The number of hydrogen-bond donors (Lipinski definition) is 10. The minimum Gasteiger partial charge on any atom is -0.475 e. The Morgan fingerprint density at radius 2 is 0.632 bits per heavy atom. The lowest BCUT2D eigenvalue weighted by molar-refractivity contribution is -0.193. The predicted octanol–water partition coefficient (Wildman–Crippen LogP) is 2.71. The third-order valence-electron chi connectivity index (χ3n) is 18.2. The zero-order valence-electron chi connectivity index (χ0n) is 73.2. The van der Waals surface area contributed by atoms with Gasteiger partial charge in [0.1, 0.15) is 50.7 Å². The van der Waals surface area contributed by atoms with Gasteiger partial charge in [0.25, 0.3) is 22.2 Å². The molecule has 12 heterocycles. The van der Waals surface area contributed by atoms with Gasteiger partial charge in [-0.1, -0.05) is 54.0 Å². The highest BCUT2D eigenvalue weighted by Gasteiger charge is 2.41. The first kappa shape index (κ1) is 112. The van der Waals surface area contributed by atoms with Crippen molar-refractivity contribution < 1.29 is 135 Å². The number of piperazine rings is 4. The largest absolute Gasteiger partial charge is 0.490 e. The molecule has 0 aliphatic carbocycles. The van der Waals surface area contributed by atoms with E-state index < -0.39 is 66.7 Å². The topological polar surface area (TPSA) is 514 Å². The number of anilines is 4. The van der Waals surface area contributed by atoms with Crippen LogP contribution in [0.5, 0.6) is 0 Å². The number of ether oxygens (including phenoxy) is 2. The lowest BCUT2D eigenvalue weighted by Gasteiger charge is -2.28. The second kappa shape index (κ2) is 53.5. The number of carboxylic acids is 5.